The van der Waals surface area contributed by atoms with Gasteiger partial charge in [-0.2, -0.15) is 0 Å². The van der Waals surface area contributed by atoms with E-state index in [1.54, 1.807) is 4.57 Å². The van der Waals surface area contributed by atoms with Crippen molar-refractivity contribution < 1.29 is 9.47 Å². The highest BCUT2D eigenvalue weighted by atomic mass is 16.5. The average Bonchev–Trinajstić information content (AvgIpc) is 2.64. The average molecular weight is 389 g/mol. The summed E-state index contributed by atoms with van der Waals surface area (Å²) >= 11 is 0. The highest BCUT2D eigenvalue weighted by molar-refractivity contribution is 5.89. The maximum atomic E-state index is 13.3. The minimum absolute atomic E-state index is 0.0332. The van der Waals surface area contributed by atoms with Gasteiger partial charge in [-0.15, -0.1) is 0 Å². The molecule has 0 fully saturated rings. The summed E-state index contributed by atoms with van der Waals surface area (Å²) in [5.74, 6) is 1.45. The van der Waals surface area contributed by atoms with Crippen molar-refractivity contribution in [1.29, 1.82) is 0 Å². The van der Waals surface area contributed by atoms with Crippen molar-refractivity contribution in [1.82, 2.24) is 4.57 Å². The molecule has 2 N–H and O–H groups in total. The van der Waals surface area contributed by atoms with Crippen molar-refractivity contribution in [3.05, 3.63) is 34.2 Å². The van der Waals surface area contributed by atoms with Gasteiger partial charge in [0.25, 0.3) is 5.56 Å². The number of unbranched alkanes of at least 4 members (excludes halogenated alkanes) is 2. The van der Waals surface area contributed by atoms with E-state index in [9.17, 15) is 4.79 Å². The van der Waals surface area contributed by atoms with E-state index in [1.165, 1.54) is 0 Å². The number of hydrogen-bond donors (Lipinski definition) is 1. The van der Waals surface area contributed by atoms with Gasteiger partial charge < -0.3 is 19.8 Å². The number of rotatable bonds is 10. The molecule has 5 nitrogen and oxygen atoms in total. The summed E-state index contributed by atoms with van der Waals surface area (Å²) in [6, 6.07) is 5.69. The van der Waals surface area contributed by atoms with Crippen LogP contribution >= 0.6 is 0 Å². The van der Waals surface area contributed by atoms with E-state index < -0.39 is 0 Å². The van der Waals surface area contributed by atoms with E-state index in [4.69, 9.17) is 15.2 Å². The lowest BCUT2D eigenvalue weighted by atomic mass is 9.96. The second-order valence-electron chi connectivity index (χ2n) is 8.54. The summed E-state index contributed by atoms with van der Waals surface area (Å²) in [4.78, 5) is 13.3. The van der Waals surface area contributed by atoms with Crippen molar-refractivity contribution in [2.24, 2.45) is 11.1 Å². The van der Waals surface area contributed by atoms with Gasteiger partial charge in [-0.05, 0) is 36.5 Å². The third-order valence-electron chi connectivity index (χ3n) is 4.64. The zero-order valence-electron chi connectivity index (χ0n) is 18.1. The zero-order valence-corrected chi connectivity index (χ0v) is 18.1. The Morgan fingerprint density at radius 2 is 1.64 bits per heavy atom. The number of fused-ring (bicyclic) bond motifs is 1. The molecule has 5 heteroatoms. The molecule has 0 unspecified atom stereocenters. The molecular formula is C23H36N2O3. The van der Waals surface area contributed by atoms with Crippen molar-refractivity contribution in [2.75, 3.05) is 13.2 Å². The topological polar surface area (TPSA) is 66.5 Å². The fraction of sp³-hybridized carbons (Fsp3) is 0.609. The molecule has 0 saturated carbocycles. The summed E-state index contributed by atoms with van der Waals surface area (Å²) in [5.41, 5.74) is 6.76. The number of benzene rings is 1. The quantitative estimate of drug-likeness (QED) is 0.590. The minimum atomic E-state index is -0.0582. The van der Waals surface area contributed by atoms with Gasteiger partial charge in [-0.1, -0.05) is 47.5 Å². The Morgan fingerprint density at radius 1 is 1.00 bits per heavy atom. The first kappa shape index (κ1) is 22.3. The third kappa shape index (κ3) is 5.51. The standard InChI is InChI=1S/C23H36N2O3/c1-6-8-12-27-17-10-11-18-19(14-17)22(26)25(16-23(3,4)5)20(15-24)21(18)28-13-9-7-2/h10-11,14H,6-9,12-13,15-16,24H2,1-5H3. The van der Waals surface area contributed by atoms with Crippen LogP contribution in [0.3, 0.4) is 0 Å². The van der Waals surface area contributed by atoms with E-state index in [2.05, 4.69) is 34.6 Å². The van der Waals surface area contributed by atoms with Crippen LogP contribution in [0.4, 0.5) is 0 Å². The second kappa shape index (κ2) is 9.97. The van der Waals surface area contributed by atoms with Crippen LogP contribution in [0.25, 0.3) is 10.8 Å². The minimum Gasteiger partial charge on any atom is -0.494 e. The van der Waals surface area contributed by atoms with Gasteiger partial charge in [0, 0.05) is 18.5 Å². The van der Waals surface area contributed by atoms with Crippen LogP contribution in [0.15, 0.2) is 23.0 Å². The van der Waals surface area contributed by atoms with E-state index in [1.807, 2.05) is 18.2 Å². The molecule has 2 aromatic rings. The molecule has 1 aromatic carbocycles. The van der Waals surface area contributed by atoms with Crippen molar-refractivity contribution in [3.8, 4) is 11.5 Å². The summed E-state index contributed by atoms with van der Waals surface area (Å²) in [5, 5.41) is 1.44. The molecule has 28 heavy (non-hydrogen) atoms. The summed E-state index contributed by atoms with van der Waals surface area (Å²) < 4.78 is 13.8. The molecule has 0 spiro atoms. The predicted molar refractivity (Wildman–Crippen MR) is 116 cm³/mol. The van der Waals surface area contributed by atoms with E-state index in [0.29, 0.717) is 25.1 Å². The number of pyridine rings is 1. The maximum Gasteiger partial charge on any atom is 0.259 e. The predicted octanol–water partition coefficient (Wildman–Crippen LogP) is 4.86. The van der Waals surface area contributed by atoms with Gasteiger partial charge >= 0.3 is 0 Å². The van der Waals surface area contributed by atoms with Crippen molar-refractivity contribution >= 4 is 10.8 Å². The first-order valence-corrected chi connectivity index (χ1v) is 10.5. The van der Waals surface area contributed by atoms with Crippen LogP contribution in [0, 0.1) is 5.41 Å². The first-order chi connectivity index (χ1) is 13.3. The van der Waals surface area contributed by atoms with Gasteiger partial charge in [0.1, 0.15) is 11.5 Å². The molecule has 0 saturated heterocycles. The summed E-state index contributed by atoms with van der Waals surface area (Å²) in [6.45, 7) is 12.7. The Labute approximate surface area is 168 Å². The van der Waals surface area contributed by atoms with Crippen LogP contribution in [0.2, 0.25) is 0 Å². The molecule has 0 atom stereocenters. The van der Waals surface area contributed by atoms with Gasteiger partial charge in [0.2, 0.25) is 0 Å². The smallest absolute Gasteiger partial charge is 0.259 e. The third-order valence-corrected chi connectivity index (χ3v) is 4.64. The number of aromatic nitrogens is 1. The Bertz CT molecular complexity index is 834. The first-order valence-electron chi connectivity index (χ1n) is 10.5. The Kier molecular flexibility index (Phi) is 7.93. The van der Waals surface area contributed by atoms with Gasteiger partial charge in [-0.3, -0.25) is 4.79 Å². The van der Waals surface area contributed by atoms with Crippen molar-refractivity contribution in [3.63, 3.8) is 0 Å². The monoisotopic (exact) mass is 388 g/mol. The number of ether oxygens (including phenoxy) is 2. The Hall–Kier alpha value is -2.01. The van der Waals surface area contributed by atoms with Gasteiger partial charge in [-0.25, -0.2) is 0 Å². The van der Waals surface area contributed by atoms with E-state index >= 15 is 0 Å². The molecular weight excluding hydrogens is 352 g/mol. The van der Waals surface area contributed by atoms with Crippen molar-refractivity contribution in [2.45, 2.75) is 73.4 Å². The van der Waals surface area contributed by atoms with Crippen LogP contribution < -0.4 is 20.8 Å². The van der Waals surface area contributed by atoms with E-state index in [0.717, 1.165) is 48.3 Å². The second-order valence-corrected chi connectivity index (χ2v) is 8.54. The maximum absolute atomic E-state index is 13.3. The highest BCUT2D eigenvalue weighted by Crippen LogP contribution is 2.32. The highest BCUT2D eigenvalue weighted by Gasteiger charge is 2.21. The molecule has 0 aliphatic rings. The lowest BCUT2D eigenvalue weighted by Crippen LogP contribution is -2.31. The fourth-order valence-electron chi connectivity index (χ4n) is 3.19. The zero-order chi connectivity index (χ0) is 20.7. The molecule has 1 aromatic heterocycles. The lowest BCUT2D eigenvalue weighted by Gasteiger charge is -2.25. The number of nitrogens with two attached hydrogens (primary N) is 1. The molecule has 2 rings (SSSR count). The van der Waals surface area contributed by atoms with Crippen LogP contribution in [0.5, 0.6) is 11.5 Å². The largest absolute Gasteiger partial charge is 0.494 e. The number of hydrogen-bond acceptors (Lipinski definition) is 4. The van der Waals surface area contributed by atoms with Gasteiger partial charge in [0.05, 0.1) is 24.3 Å². The Morgan fingerprint density at radius 3 is 2.21 bits per heavy atom. The van der Waals surface area contributed by atoms with E-state index in [-0.39, 0.29) is 17.5 Å². The molecule has 0 aliphatic carbocycles. The molecule has 0 aliphatic heterocycles. The summed E-state index contributed by atoms with van der Waals surface area (Å²) in [7, 11) is 0. The fourth-order valence-corrected chi connectivity index (χ4v) is 3.19. The Balaban J connectivity index is 2.63. The van der Waals surface area contributed by atoms with Crippen LogP contribution in [-0.2, 0) is 13.1 Å². The molecule has 0 bridgehead atoms. The lowest BCUT2D eigenvalue weighted by molar-refractivity contribution is 0.294. The number of nitrogens with zero attached hydrogens (tertiary/aromatic N) is 1. The SMILES string of the molecule is CCCCOc1ccc2c(OCCCC)c(CN)n(CC(C)(C)C)c(=O)c2c1. The van der Waals surface area contributed by atoms with Gasteiger partial charge in [0.15, 0.2) is 0 Å². The molecule has 156 valence electrons. The molecule has 0 radical (unpaired) electrons. The molecule has 0 amide bonds. The van der Waals surface area contributed by atoms with Crippen LogP contribution in [-0.4, -0.2) is 17.8 Å². The normalized spacial score (nSPS) is 11.8. The molecule has 1 heterocycles. The van der Waals surface area contributed by atoms with Crippen LogP contribution in [0.1, 0.15) is 66.0 Å². The summed E-state index contributed by atoms with van der Waals surface area (Å²) in [6.07, 6.45) is 4.07.